The van der Waals surface area contributed by atoms with Crippen LogP contribution in [0, 0.1) is 0 Å². The summed E-state index contributed by atoms with van der Waals surface area (Å²) in [4.78, 5) is 15.7. The first-order valence-electron chi connectivity index (χ1n) is 6.32. The topological polar surface area (TPSA) is 32.8 Å². The van der Waals surface area contributed by atoms with Crippen LogP contribution in [0.3, 0.4) is 0 Å². The van der Waals surface area contributed by atoms with E-state index in [1.807, 2.05) is 38.1 Å². The zero-order valence-corrected chi connectivity index (χ0v) is 11.3. The van der Waals surface area contributed by atoms with E-state index in [4.69, 9.17) is 4.74 Å². The average Bonchev–Trinajstić information content (AvgIpc) is 2.58. The number of benzene rings is 1. The molecule has 4 nitrogen and oxygen atoms in total. The normalized spacial score (nSPS) is 14.5. The highest BCUT2D eigenvalue weighted by molar-refractivity contribution is 5.76. The van der Waals surface area contributed by atoms with Crippen LogP contribution >= 0.6 is 0 Å². The van der Waals surface area contributed by atoms with Gasteiger partial charge in [-0.25, -0.2) is 0 Å². The number of fused-ring (bicyclic) bond motifs is 1. The maximum atomic E-state index is 11.8. The minimum Gasteiger partial charge on any atom is -0.491 e. The summed E-state index contributed by atoms with van der Waals surface area (Å²) in [5, 5.41) is 0. The van der Waals surface area contributed by atoms with Gasteiger partial charge in [0.1, 0.15) is 12.4 Å². The molecule has 1 aliphatic heterocycles. The van der Waals surface area contributed by atoms with E-state index < -0.39 is 0 Å². The van der Waals surface area contributed by atoms with Gasteiger partial charge in [0.05, 0.1) is 6.54 Å². The Hall–Kier alpha value is -1.71. The molecule has 0 atom stereocenters. The van der Waals surface area contributed by atoms with Gasteiger partial charge in [-0.3, -0.25) is 4.79 Å². The van der Waals surface area contributed by atoms with Gasteiger partial charge in [-0.1, -0.05) is 6.92 Å². The highest BCUT2D eigenvalue weighted by Gasteiger charge is 2.19. The molecule has 0 saturated carbocycles. The third-order valence-electron chi connectivity index (χ3n) is 3.20. The molecule has 1 aliphatic rings. The standard InChI is InChI=1S/C14H20N2O2/c1-4-14(17)16-7-8-18-13-6-5-12(15(2)3)9-11(13)10-16/h5-6,9H,4,7-8,10H2,1-3H3. The maximum Gasteiger partial charge on any atom is 0.222 e. The van der Waals surface area contributed by atoms with Gasteiger partial charge < -0.3 is 14.5 Å². The number of hydrogen-bond donors (Lipinski definition) is 0. The largest absolute Gasteiger partial charge is 0.491 e. The van der Waals surface area contributed by atoms with E-state index in [-0.39, 0.29) is 5.91 Å². The van der Waals surface area contributed by atoms with E-state index in [2.05, 4.69) is 11.0 Å². The SMILES string of the molecule is CCC(=O)N1CCOc2ccc(N(C)C)cc2C1. The first kappa shape index (κ1) is 12.7. The third kappa shape index (κ3) is 2.58. The van der Waals surface area contributed by atoms with Gasteiger partial charge in [-0.2, -0.15) is 0 Å². The molecular formula is C14H20N2O2. The Labute approximate surface area is 108 Å². The lowest BCUT2D eigenvalue weighted by atomic mass is 10.1. The van der Waals surface area contributed by atoms with Crippen molar-refractivity contribution in [3.63, 3.8) is 0 Å². The van der Waals surface area contributed by atoms with Gasteiger partial charge in [0.25, 0.3) is 0 Å². The van der Waals surface area contributed by atoms with Crippen LogP contribution in [0.2, 0.25) is 0 Å². The fourth-order valence-corrected chi connectivity index (χ4v) is 2.10. The summed E-state index contributed by atoms with van der Waals surface area (Å²) in [7, 11) is 4.02. The minimum absolute atomic E-state index is 0.182. The number of amides is 1. The number of carbonyl (C=O) groups excluding carboxylic acids is 1. The first-order chi connectivity index (χ1) is 8.61. The van der Waals surface area contributed by atoms with Crippen molar-refractivity contribution in [1.82, 2.24) is 4.90 Å². The lowest BCUT2D eigenvalue weighted by Gasteiger charge is -2.20. The average molecular weight is 248 g/mol. The summed E-state index contributed by atoms with van der Waals surface area (Å²) < 4.78 is 5.70. The van der Waals surface area contributed by atoms with E-state index in [0.717, 1.165) is 17.0 Å². The van der Waals surface area contributed by atoms with Crippen molar-refractivity contribution in [3.8, 4) is 5.75 Å². The molecule has 0 N–H and O–H groups in total. The van der Waals surface area contributed by atoms with Crippen molar-refractivity contribution < 1.29 is 9.53 Å². The summed E-state index contributed by atoms with van der Waals surface area (Å²) >= 11 is 0. The predicted molar refractivity (Wildman–Crippen MR) is 72.0 cm³/mol. The lowest BCUT2D eigenvalue weighted by Crippen LogP contribution is -2.31. The van der Waals surface area contributed by atoms with E-state index in [9.17, 15) is 4.79 Å². The van der Waals surface area contributed by atoms with E-state index in [1.54, 1.807) is 0 Å². The second-order valence-corrected chi connectivity index (χ2v) is 4.70. The second-order valence-electron chi connectivity index (χ2n) is 4.70. The lowest BCUT2D eigenvalue weighted by molar-refractivity contribution is -0.131. The Bertz CT molecular complexity index is 443. The molecule has 0 spiro atoms. The second kappa shape index (κ2) is 5.29. The maximum absolute atomic E-state index is 11.8. The molecule has 1 heterocycles. The summed E-state index contributed by atoms with van der Waals surface area (Å²) in [6, 6.07) is 6.12. The Morgan fingerprint density at radius 3 is 2.89 bits per heavy atom. The number of ether oxygens (including phenoxy) is 1. The molecule has 0 unspecified atom stereocenters. The van der Waals surface area contributed by atoms with Crippen molar-refractivity contribution in [1.29, 1.82) is 0 Å². The van der Waals surface area contributed by atoms with Gasteiger partial charge >= 0.3 is 0 Å². The highest BCUT2D eigenvalue weighted by Crippen LogP contribution is 2.27. The number of carbonyl (C=O) groups is 1. The Kier molecular flexibility index (Phi) is 3.75. The Morgan fingerprint density at radius 1 is 1.44 bits per heavy atom. The fraction of sp³-hybridized carbons (Fsp3) is 0.500. The van der Waals surface area contributed by atoms with Gasteiger partial charge in [-0.15, -0.1) is 0 Å². The fourth-order valence-electron chi connectivity index (χ4n) is 2.10. The first-order valence-corrected chi connectivity index (χ1v) is 6.32. The molecule has 4 heteroatoms. The van der Waals surface area contributed by atoms with Crippen molar-refractivity contribution >= 4 is 11.6 Å². The molecule has 1 amide bonds. The smallest absolute Gasteiger partial charge is 0.222 e. The molecule has 0 fully saturated rings. The van der Waals surface area contributed by atoms with Crippen LogP contribution < -0.4 is 9.64 Å². The quantitative estimate of drug-likeness (QED) is 0.801. The summed E-state index contributed by atoms with van der Waals surface area (Å²) in [6.45, 7) is 3.77. The van der Waals surface area contributed by atoms with E-state index >= 15 is 0 Å². The highest BCUT2D eigenvalue weighted by atomic mass is 16.5. The van der Waals surface area contributed by atoms with Crippen LogP contribution in [0.15, 0.2) is 18.2 Å². The zero-order valence-electron chi connectivity index (χ0n) is 11.3. The van der Waals surface area contributed by atoms with Gasteiger partial charge in [0.2, 0.25) is 5.91 Å². The van der Waals surface area contributed by atoms with Crippen LogP contribution in [-0.4, -0.2) is 38.1 Å². The summed E-state index contributed by atoms with van der Waals surface area (Å²) in [5.74, 6) is 1.08. The van der Waals surface area contributed by atoms with Gasteiger partial charge in [0, 0.05) is 38.3 Å². The zero-order chi connectivity index (χ0) is 13.1. The molecule has 0 aromatic heterocycles. The Morgan fingerprint density at radius 2 is 2.22 bits per heavy atom. The van der Waals surface area contributed by atoms with Crippen molar-refractivity contribution in [3.05, 3.63) is 23.8 Å². The molecule has 0 radical (unpaired) electrons. The van der Waals surface area contributed by atoms with Crippen molar-refractivity contribution in [2.24, 2.45) is 0 Å². The van der Waals surface area contributed by atoms with Gasteiger partial charge in [0.15, 0.2) is 0 Å². The minimum atomic E-state index is 0.182. The number of nitrogens with zero attached hydrogens (tertiary/aromatic N) is 2. The molecule has 18 heavy (non-hydrogen) atoms. The molecule has 98 valence electrons. The van der Waals surface area contributed by atoms with E-state index in [1.165, 1.54) is 0 Å². The van der Waals surface area contributed by atoms with Crippen LogP contribution in [-0.2, 0) is 11.3 Å². The predicted octanol–water partition coefficient (Wildman–Crippen LogP) is 1.88. The molecule has 0 bridgehead atoms. The molecule has 1 aromatic rings. The van der Waals surface area contributed by atoms with Gasteiger partial charge in [-0.05, 0) is 18.2 Å². The van der Waals surface area contributed by atoms with Crippen LogP contribution in [0.4, 0.5) is 5.69 Å². The number of rotatable bonds is 2. The molecule has 0 aliphatic carbocycles. The van der Waals surface area contributed by atoms with Crippen molar-refractivity contribution in [2.75, 3.05) is 32.1 Å². The van der Waals surface area contributed by atoms with Crippen LogP contribution in [0.5, 0.6) is 5.75 Å². The number of hydrogen-bond acceptors (Lipinski definition) is 3. The number of anilines is 1. The van der Waals surface area contributed by atoms with E-state index in [0.29, 0.717) is 26.1 Å². The molecule has 2 rings (SSSR count). The third-order valence-corrected chi connectivity index (χ3v) is 3.20. The summed E-state index contributed by atoms with van der Waals surface area (Å²) in [6.07, 6.45) is 0.544. The van der Waals surface area contributed by atoms with Crippen LogP contribution in [0.1, 0.15) is 18.9 Å². The summed E-state index contributed by atoms with van der Waals surface area (Å²) in [5.41, 5.74) is 2.21. The molecule has 0 saturated heterocycles. The molecular weight excluding hydrogens is 228 g/mol. The monoisotopic (exact) mass is 248 g/mol. The molecule has 1 aromatic carbocycles. The van der Waals surface area contributed by atoms with Crippen LogP contribution in [0.25, 0.3) is 0 Å². The van der Waals surface area contributed by atoms with Crippen molar-refractivity contribution in [2.45, 2.75) is 19.9 Å². The Balaban J connectivity index is 2.28.